The van der Waals surface area contributed by atoms with Gasteiger partial charge in [0.25, 0.3) is 0 Å². The summed E-state index contributed by atoms with van der Waals surface area (Å²) in [6.07, 6.45) is 0.696. The highest BCUT2D eigenvalue weighted by Gasteiger charge is 2.07. The molecular formula is C14H19N5O2S. The highest BCUT2D eigenvalue weighted by molar-refractivity contribution is 7.89. The van der Waals surface area contributed by atoms with E-state index >= 15 is 0 Å². The van der Waals surface area contributed by atoms with Crippen LogP contribution >= 0.6 is 0 Å². The molecule has 2 rings (SSSR count). The molecule has 5 N–H and O–H groups in total. The molecule has 0 saturated heterocycles. The number of aromatic nitrogens is 2. The van der Waals surface area contributed by atoms with Crippen LogP contribution in [0.1, 0.15) is 17.1 Å². The van der Waals surface area contributed by atoms with E-state index in [2.05, 4.69) is 15.3 Å². The summed E-state index contributed by atoms with van der Waals surface area (Å²) in [4.78, 5) is 8.71. The quantitative estimate of drug-likeness (QED) is 0.713. The van der Waals surface area contributed by atoms with Gasteiger partial charge < -0.3 is 11.1 Å². The molecule has 22 heavy (non-hydrogen) atoms. The van der Waals surface area contributed by atoms with Crippen molar-refractivity contribution in [1.82, 2.24) is 9.97 Å². The molecule has 0 aliphatic rings. The summed E-state index contributed by atoms with van der Waals surface area (Å²) >= 11 is 0. The Hall–Kier alpha value is -2.03. The first-order chi connectivity index (χ1) is 10.4. The van der Waals surface area contributed by atoms with Crippen LogP contribution in [-0.4, -0.2) is 24.9 Å². The van der Waals surface area contributed by atoms with E-state index in [1.165, 1.54) is 12.1 Å². The summed E-state index contributed by atoms with van der Waals surface area (Å²) in [6, 6.07) is 8.25. The summed E-state index contributed by atoms with van der Waals surface area (Å²) in [6.45, 7) is 2.88. The molecule has 0 saturated carbocycles. The van der Waals surface area contributed by atoms with Gasteiger partial charge in [-0.25, -0.2) is 23.5 Å². The van der Waals surface area contributed by atoms with Gasteiger partial charge in [0, 0.05) is 24.7 Å². The Morgan fingerprint density at radius 1 is 1.18 bits per heavy atom. The molecule has 0 bridgehead atoms. The van der Waals surface area contributed by atoms with Crippen LogP contribution in [-0.2, 0) is 23.0 Å². The minimum Gasteiger partial charge on any atom is -0.366 e. The van der Waals surface area contributed by atoms with Gasteiger partial charge in [0.2, 0.25) is 10.0 Å². The lowest BCUT2D eigenvalue weighted by atomic mass is 10.2. The fourth-order valence-corrected chi connectivity index (χ4v) is 2.50. The van der Waals surface area contributed by atoms with E-state index in [0.29, 0.717) is 31.2 Å². The van der Waals surface area contributed by atoms with E-state index in [1.807, 2.05) is 13.0 Å². The maximum absolute atomic E-state index is 11.2. The Morgan fingerprint density at radius 3 is 2.45 bits per heavy atom. The van der Waals surface area contributed by atoms with Gasteiger partial charge >= 0.3 is 0 Å². The van der Waals surface area contributed by atoms with Crippen LogP contribution in [0, 0.1) is 6.92 Å². The van der Waals surface area contributed by atoms with Gasteiger partial charge in [-0.2, -0.15) is 0 Å². The molecule has 118 valence electrons. The zero-order valence-electron chi connectivity index (χ0n) is 12.3. The van der Waals surface area contributed by atoms with Crippen molar-refractivity contribution in [3.8, 4) is 0 Å². The standard InChI is InChI=1S/C14H19N5O2S/c1-10-18-12(6-7-15)8-14(19-10)17-9-11-2-4-13(5-3-11)22(16,20)21/h2-5,8H,6-7,9,15H2,1H3,(H2,16,20,21)(H,17,18,19). The predicted molar refractivity (Wildman–Crippen MR) is 84.7 cm³/mol. The maximum Gasteiger partial charge on any atom is 0.238 e. The van der Waals surface area contributed by atoms with Crippen LogP contribution in [0.15, 0.2) is 35.2 Å². The molecule has 1 aromatic carbocycles. The normalized spacial score (nSPS) is 11.4. The van der Waals surface area contributed by atoms with Crippen molar-refractivity contribution >= 4 is 15.8 Å². The second kappa shape index (κ2) is 6.82. The van der Waals surface area contributed by atoms with Gasteiger partial charge in [-0.05, 0) is 31.2 Å². The molecule has 0 unspecified atom stereocenters. The Balaban J connectivity index is 2.07. The third-order valence-electron chi connectivity index (χ3n) is 3.02. The molecule has 0 amide bonds. The van der Waals surface area contributed by atoms with Crippen molar-refractivity contribution in [2.24, 2.45) is 10.9 Å². The summed E-state index contributed by atoms with van der Waals surface area (Å²) < 4.78 is 22.4. The van der Waals surface area contributed by atoms with Gasteiger partial charge in [-0.15, -0.1) is 0 Å². The van der Waals surface area contributed by atoms with Crippen molar-refractivity contribution in [1.29, 1.82) is 0 Å². The van der Waals surface area contributed by atoms with Crippen molar-refractivity contribution in [3.05, 3.63) is 47.4 Å². The fourth-order valence-electron chi connectivity index (χ4n) is 1.99. The number of aryl methyl sites for hydroxylation is 1. The number of hydrogen-bond donors (Lipinski definition) is 3. The summed E-state index contributed by atoms with van der Waals surface area (Å²) in [7, 11) is -3.66. The molecule has 0 spiro atoms. The highest BCUT2D eigenvalue weighted by atomic mass is 32.2. The number of rotatable bonds is 6. The molecule has 0 aliphatic heterocycles. The molecule has 0 radical (unpaired) electrons. The van der Waals surface area contributed by atoms with Crippen molar-refractivity contribution in [3.63, 3.8) is 0 Å². The second-order valence-corrected chi connectivity index (χ2v) is 6.43. The van der Waals surface area contributed by atoms with E-state index in [1.54, 1.807) is 12.1 Å². The van der Waals surface area contributed by atoms with Gasteiger partial charge in [0.05, 0.1) is 4.90 Å². The Morgan fingerprint density at radius 2 is 1.86 bits per heavy atom. The number of primary sulfonamides is 1. The number of sulfonamides is 1. The SMILES string of the molecule is Cc1nc(CCN)cc(NCc2ccc(S(N)(=O)=O)cc2)n1. The van der Waals surface area contributed by atoms with Crippen molar-refractivity contribution < 1.29 is 8.42 Å². The number of anilines is 1. The lowest BCUT2D eigenvalue weighted by Gasteiger charge is -2.09. The lowest BCUT2D eigenvalue weighted by molar-refractivity contribution is 0.598. The minimum absolute atomic E-state index is 0.0966. The zero-order chi connectivity index (χ0) is 16.2. The van der Waals surface area contributed by atoms with E-state index in [-0.39, 0.29) is 4.90 Å². The Bertz CT molecular complexity index is 744. The molecule has 8 heteroatoms. The van der Waals surface area contributed by atoms with Crippen molar-refractivity contribution in [2.45, 2.75) is 24.8 Å². The van der Waals surface area contributed by atoms with Crippen LogP contribution in [0.25, 0.3) is 0 Å². The predicted octanol–water partition coefficient (Wildman–Crippen LogP) is 0.546. The largest absolute Gasteiger partial charge is 0.366 e. The third kappa shape index (κ3) is 4.48. The molecular weight excluding hydrogens is 302 g/mol. The average molecular weight is 321 g/mol. The van der Waals surface area contributed by atoms with E-state index in [4.69, 9.17) is 10.9 Å². The molecule has 1 heterocycles. The van der Waals surface area contributed by atoms with Gasteiger partial charge in [0.15, 0.2) is 0 Å². The van der Waals surface area contributed by atoms with Crippen LogP contribution in [0.4, 0.5) is 5.82 Å². The highest BCUT2D eigenvalue weighted by Crippen LogP contribution is 2.12. The molecule has 7 nitrogen and oxygen atoms in total. The minimum atomic E-state index is -3.66. The summed E-state index contributed by atoms with van der Waals surface area (Å²) in [5, 5.41) is 8.25. The Kier molecular flexibility index (Phi) is 5.07. The first-order valence-electron chi connectivity index (χ1n) is 6.79. The smallest absolute Gasteiger partial charge is 0.238 e. The fraction of sp³-hybridized carbons (Fsp3) is 0.286. The van der Waals surface area contributed by atoms with Gasteiger partial charge in [-0.1, -0.05) is 12.1 Å². The lowest BCUT2D eigenvalue weighted by Crippen LogP contribution is -2.12. The maximum atomic E-state index is 11.2. The number of hydrogen-bond acceptors (Lipinski definition) is 6. The van der Waals surface area contributed by atoms with Crippen LogP contribution in [0.2, 0.25) is 0 Å². The second-order valence-electron chi connectivity index (χ2n) is 4.87. The molecule has 0 atom stereocenters. The van der Waals surface area contributed by atoms with Gasteiger partial charge in [-0.3, -0.25) is 0 Å². The number of nitrogens with one attached hydrogen (secondary N) is 1. The van der Waals surface area contributed by atoms with E-state index < -0.39 is 10.0 Å². The van der Waals surface area contributed by atoms with Crippen LogP contribution < -0.4 is 16.2 Å². The average Bonchev–Trinajstić information content (AvgIpc) is 2.44. The van der Waals surface area contributed by atoms with Crippen LogP contribution in [0.3, 0.4) is 0 Å². The number of nitrogens with zero attached hydrogens (tertiary/aromatic N) is 2. The monoisotopic (exact) mass is 321 g/mol. The topological polar surface area (TPSA) is 124 Å². The summed E-state index contributed by atoms with van der Waals surface area (Å²) in [5.74, 6) is 1.39. The van der Waals surface area contributed by atoms with Crippen molar-refractivity contribution in [2.75, 3.05) is 11.9 Å². The number of benzene rings is 1. The summed E-state index contributed by atoms with van der Waals surface area (Å²) in [5.41, 5.74) is 7.35. The Labute approximate surface area is 129 Å². The first kappa shape index (κ1) is 16.3. The van der Waals surface area contributed by atoms with Crippen LogP contribution in [0.5, 0.6) is 0 Å². The zero-order valence-corrected chi connectivity index (χ0v) is 13.1. The molecule has 2 aromatic rings. The third-order valence-corrected chi connectivity index (χ3v) is 3.95. The van der Waals surface area contributed by atoms with E-state index in [0.717, 1.165) is 11.3 Å². The van der Waals surface area contributed by atoms with E-state index in [9.17, 15) is 8.42 Å². The van der Waals surface area contributed by atoms with Gasteiger partial charge in [0.1, 0.15) is 11.6 Å². The molecule has 0 fully saturated rings. The first-order valence-corrected chi connectivity index (χ1v) is 8.33. The molecule has 0 aliphatic carbocycles. The number of nitrogens with two attached hydrogens (primary N) is 2. The molecule has 1 aromatic heterocycles.